The molecule has 0 saturated heterocycles. The Morgan fingerprint density at radius 3 is 2.52 bits per heavy atom. The number of sulfonamides is 1. The molecule has 0 aliphatic heterocycles. The Bertz CT molecular complexity index is 919. The number of carbonyl (C=O) groups is 2. The van der Waals surface area contributed by atoms with Crippen molar-refractivity contribution in [2.24, 2.45) is 0 Å². The van der Waals surface area contributed by atoms with Crippen molar-refractivity contribution >= 4 is 21.9 Å². The summed E-state index contributed by atoms with van der Waals surface area (Å²) >= 11 is 0. The molecule has 0 atom stereocenters. The molecule has 1 aromatic carbocycles. The van der Waals surface area contributed by atoms with E-state index in [0.29, 0.717) is 0 Å². The van der Waals surface area contributed by atoms with E-state index in [0.717, 1.165) is 4.31 Å². The van der Waals surface area contributed by atoms with E-state index in [-0.39, 0.29) is 35.3 Å². The first-order chi connectivity index (χ1) is 12.8. The third-order valence-electron chi connectivity index (χ3n) is 3.49. The molecule has 0 aliphatic carbocycles. The van der Waals surface area contributed by atoms with Gasteiger partial charge in [0.2, 0.25) is 5.09 Å². The molecular weight excluding hydrogens is 376 g/mol. The highest BCUT2D eigenvalue weighted by atomic mass is 32.2. The molecule has 27 heavy (non-hydrogen) atoms. The first-order valence-electron chi connectivity index (χ1n) is 7.83. The van der Waals surface area contributed by atoms with Gasteiger partial charge < -0.3 is 19.2 Å². The van der Waals surface area contributed by atoms with Crippen molar-refractivity contribution < 1.29 is 31.9 Å². The maximum Gasteiger partial charge on any atom is 0.325 e. The third kappa shape index (κ3) is 5.08. The van der Waals surface area contributed by atoms with E-state index >= 15 is 0 Å². The van der Waals surface area contributed by atoms with Gasteiger partial charge in [0.05, 0.1) is 12.7 Å². The maximum atomic E-state index is 12.2. The molecule has 0 spiro atoms. The number of nitrogens with one attached hydrogen (secondary N) is 1. The Morgan fingerprint density at radius 1 is 1.15 bits per heavy atom. The lowest BCUT2D eigenvalue weighted by atomic mass is 10.2. The second-order valence-electron chi connectivity index (χ2n) is 5.55. The standard InChI is InChI=1S/C17H20N2O7S/c1-19(2)27(22,23)16-9-8-12(26-16)11-25-14-7-5-4-6-13(14)17(21)18-10-15(20)24-3/h4-9H,10-11H2,1-3H3,(H,18,21). The number of para-hydroxylation sites is 1. The fourth-order valence-corrected chi connectivity index (χ4v) is 2.82. The summed E-state index contributed by atoms with van der Waals surface area (Å²) in [5.41, 5.74) is 0.217. The van der Waals surface area contributed by atoms with Crippen LogP contribution in [0.1, 0.15) is 16.1 Å². The molecule has 0 aliphatic rings. The maximum absolute atomic E-state index is 12.2. The zero-order valence-electron chi connectivity index (χ0n) is 15.1. The van der Waals surface area contributed by atoms with Gasteiger partial charge in [0.1, 0.15) is 24.7 Å². The molecule has 1 amide bonds. The van der Waals surface area contributed by atoms with Crippen molar-refractivity contribution in [2.75, 3.05) is 27.7 Å². The predicted octanol–water partition coefficient (Wildman–Crippen LogP) is 1.01. The van der Waals surface area contributed by atoms with E-state index in [1.807, 2.05) is 0 Å². The van der Waals surface area contributed by atoms with E-state index in [9.17, 15) is 18.0 Å². The van der Waals surface area contributed by atoms with Crippen LogP contribution in [-0.2, 0) is 26.2 Å². The lowest BCUT2D eigenvalue weighted by molar-refractivity contribution is -0.139. The van der Waals surface area contributed by atoms with Crippen LogP contribution in [0.3, 0.4) is 0 Å². The first kappa shape index (κ1) is 20.5. The second-order valence-corrected chi connectivity index (χ2v) is 7.63. The van der Waals surface area contributed by atoms with Gasteiger partial charge in [0.25, 0.3) is 15.9 Å². The van der Waals surface area contributed by atoms with Gasteiger partial charge in [-0.05, 0) is 24.3 Å². The Hall–Kier alpha value is -2.85. The molecule has 0 unspecified atom stereocenters. The summed E-state index contributed by atoms with van der Waals surface area (Å²) in [6, 6.07) is 9.25. The average molecular weight is 396 g/mol. The van der Waals surface area contributed by atoms with Gasteiger partial charge in [-0.25, -0.2) is 12.7 Å². The van der Waals surface area contributed by atoms with E-state index in [1.54, 1.807) is 18.2 Å². The molecule has 0 bridgehead atoms. The number of ether oxygens (including phenoxy) is 2. The van der Waals surface area contributed by atoms with Crippen LogP contribution < -0.4 is 10.1 Å². The fourth-order valence-electron chi connectivity index (χ4n) is 2.00. The minimum atomic E-state index is -3.68. The molecule has 2 aromatic rings. The molecule has 2 rings (SSSR count). The number of benzene rings is 1. The minimum Gasteiger partial charge on any atom is -0.485 e. The largest absolute Gasteiger partial charge is 0.485 e. The van der Waals surface area contributed by atoms with Gasteiger partial charge in [-0.15, -0.1) is 0 Å². The Morgan fingerprint density at radius 2 is 1.85 bits per heavy atom. The van der Waals surface area contributed by atoms with Crippen molar-refractivity contribution in [3.8, 4) is 5.75 Å². The monoisotopic (exact) mass is 396 g/mol. The minimum absolute atomic E-state index is 0.0791. The summed E-state index contributed by atoms with van der Waals surface area (Å²) in [6.07, 6.45) is 0. The van der Waals surface area contributed by atoms with E-state index in [2.05, 4.69) is 10.1 Å². The molecule has 1 aromatic heterocycles. The molecule has 0 fully saturated rings. The van der Waals surface area contributed by atoms with Crippen molar-refractivity contribution in [3.63, 3.8) is 0 Å². The van der Waals surface area contributed by atoms with Crippen LogP contribution in [0, 0.1) is 0 Å². The number of nitrogens with zero attached hydrogens (tertiary/aromatic N) is 1. The van der Waals surface area contributed by atoms with Crippen LogP contribution in [0.15, 0.2) is 45.9 Å². The summed E-state index contributed by atoms with van der Waals surface area (Å²) in [7, 11) is 0.346. The van der Waals surface area contributed by atoms with E-state index in [4.69, 9.17) is 9.15 Å². The van der Waals surface area contributed by atoms with Gasteiger partial charge in [-0.2, -0.15) is 0 Å². The van der Waals surface area contributed by atoms with Crippen molar-refractivity contribution in [3.05, 3.63) is 47.7 Å². The van der Waals surface area contributed by atoms with Gasteiger partial charge in [0, 0.05) is 14.1 Å². The van der Waals surface area contributed by atoms with Crippen LogP contribution in [0.25, 0.3) is 0 Å². The van der Waals surface area contributed by atoms with Crippen LogP contribution in [0.4, 0.5) is 0 Å². The quantitative estimate of drug-likeness (QED) is 0.662. The molecular formula is C17H20N2O7S. The Labute approximate surface area is 156 Å². The van der Waals surface area contributed by atoms with Gasteiger partial charge in [-0.1, -0.05) is 12.1 Å². The summed E-state index contributed by atoms with van der Waals surface area (Å²) in [4.78, 5) is 23.3. The molecule has 1 heterocycles. The molecule has 1 N–H and O–H groups in total. The molecule has 0 saturated carbocycles. The van der Waals surface area contributed by atoms with Crippen LogP contribution >= 0.6 is 0 Å². The lowest BCUT2D eigenvalue weighted by Gasteiger charge is -2.11. The molecule has 10 heteroatoms. The number of methoxy groups -OCH3 is 1. The summed E-state index contributed by atoms with van der Waals surface area (Å²) < 4.78 is 40.4. The summed E-state index contributed by atoms with van der Waals surface area (Å²) in [6.45, 7) is -0.349. The molecule has 9 nitrogen and oxygen atoms in total. The zero-order valence-corrected chi connectivity index (χ0v) is 15.9. The van der Waals surface area contributed by atoms with Gasteiger partial charge >= 0.3 is 5.97 Å². The Kier molecular flexibility index (Phi) is 6.59. The first-order valence-corrected chi connectivity index (χ1v) is 9.27. The van der Waals surface area contributed by atoms with Crippen LogP contribution in [0.5, 0.6) is 5.75 Å². The van der Waals surface area contributed by atoms with Gasteiger partial charge in [-0.3, -0.25) is 9.59 Å². The highest BCUT2D eigenvalue weighted by molar-refractivity contribution is 7.88. The smallest absolute Gasteiger partial charge is 0.325 e. The second kappa shape index (κ2) is 8.69. The number of furan rings is 1. The van der Waals surface area contributed by atoms with Crippen LogP contribution in [-0.4, -0.2) is 52.3 Å². The number of hydrogen-bond donors (Lipinski definition) is 1. The van der Waals surface area contributed by atoms with Crippen molar-refractivity contribution in [1.29, 1.82) is 0 Å². The number of amides is 1. The number of esters is 1. The van der Waals surface area contributed by atoms with Crippen molar-refractivity contribution in [1.82, 2.24) is 9.62 Å². The van der Waals surface area contributed by atoms with Crippen LogP contribution in [0.2, 0.25) is 0 Å². The number of hydrogen-bond acceptors (Lipinski definition) is 7. The SMILES string of the molecule is COC(=O)CNC(=O)c1ccccc1OCc1ccc(S(=O)(=O)N(C)C)o1. The summed E-state index contributed by atoms with van der Waals surface area (Å²) in [5.74, 6) is -0.549. The molecule has 0 radical (unpaired) electrons. The van der Waals surface area contributed by atoms with E-state index < -0.39 is 21.9 Å². The molecule has 146 valence electrons. The topological polar surface area (TPSA) is 115 Å². The van der Waals surface area contributed by atoms with Gasteiger partial charge in [0.15, 0.2) is 0 Å². The predicted molar refractivity (Wildman–Crippen MR) is 94.7 cm³/mol. The fraction of sp³-hybridized carbons (Fsp3) is 0.294. The van der Waals surface area contributed by atoms with E-state index in [1.165, 1.54) is 39.4 Å². The normalized spacial score (nSPS) is 11.3. The average Bonchev–Trinajstić information content (AvgIpc) is 3.14. The van der Waals surface area contributed by atoms with Crippen molar-refractivity contribution in [2.45, 2.75) is 11.7 Å². The third-order valence-corrected chi connectivity index (χ3v) is 5.18. The number of rotatable bonds is 8. The number of carbonyl (C=O) groups excluding carboxylic acids is 2. The highest BCUT2D eigenvalue weighted by Gasteiger charge is 2.22. The summed E-state index contributed by atoms with van der Waals surface area (Å²) in [5, 5.41) is 2.22. The zero-order chi connectivity index (χ0) is 20.0. The Balaban J connectivity index is 2.08. The highest BCUT2D eigenvalue weighted by Crippen LogP contribution is 2.21. The lowest BCUT2D eigenvalue weighted by Crippen LogP contribution is -2.30.